The van der Waals surface area contributed by atoms with Gasteiger partial charge in [0.2, 0.25) is 0 Å². The average Bonchev–Trinajstić information content (AvgIpc) is 3.26. The van der Waals surface area contributed by atoms with E-state index >= 15 is 0 Å². The normalized spacial score (nSPS) is 11.5. The van der Waals surface area contributed by atoms with Crippen molar-refractivity contribution in [2.24, 2.45) is 0 Å². The van der Waals surface area contributed by atoms with Gasteiger partial charge in [0.1, 0.15) is 22.7 Å². The highest BCUT2D eigenvalue weighted by atomic mass is 35.5. The van der Waals surface area contributed by atoms with Crippen LogP contribution in [0.2, 0.25) is 10.0 Å². The van der Waals surface area contributed by atoms with Gasteiger partial charge in [-0.2, -0.15) is 0 Å². The molecule has 0 radical (unpaired) electrons. The summed E-state index contributed by atoms with van der Waals surface area (Å²) in [6.07, 6.45) is 0. The number of hydrogen-bond donors (Lipinski definition) is 0. The Kier molecular flexibility index (Phi) is 3.56. The second-order valence-electron chi connectivity index (χ2n) is 6.11. The van der Waals surface area contributed by atoms with Crippen LogP contribution in [0.1, 0.15) is 0 Å². The molecule has 0 saturated carbocycles. The Bertz CT molecular complexity index is 1100. The molecule has 0 aliphatic carbocycles. The number of fused-ring (bicyclic) bond motifs is 2. The van der Waals surface area contributed by atoms with Gasteiger partial charge < -0.3 is 8.83 Å². The number of halogens is 2. The Balaban J connectivity index is 1.64. The fourth-order valence-corrected chi connectivity index (χ4v) is 3.67. The lowest BCUT2D eigenvalue weighted by molar-refractivity contribution is 0.629. The molecule has 5 aromatic rings. The van der Waals surface area contributed by atoms with Gasteiger partial charge in [-0.3, -0.25) is 0 Å². The van der Waals surface area contributed by atoms with Gasteiger partial charge in [0.15, 0.2) is 0 Å². The highest BCUT2D eigenvalue weighted by molar-refractivity contribution is 6.37. The van der Waals surface area contributed by atoms with Gasteiger partial charge in [0.05, 0.1) is 10.0 Å². The van der Waals surface area contributed by atoms with Crippen LogP contribution in [0.3, 0.4) is 0 Å². The molecule has 0 aliphatic heterocycles. The van der Waals surface area contributed by atoms with Gasteiger partial charge >= 0.3 is 0 Å². The molecule has 2 nitrogen and oxygen atoms in total. The number of rotatable bonds is 2. The second-order valence-corrected chi connectivity index (χ2v) is 6.92. The third kappa shape index (κ3) is 2.50. The van der Waals surface area contributed by atoms with E-state index in [2.05, 4.69) is 0 Å². The quantitative estimate of drug-likeness (QED) is 0.312. The van der Waals surface area contributed by atoms with Gasteiger partial charge in [-0.15, -0.1) is 0 Å². The molecule has 126 valence electrons. The molecule has 0 aliphatic rings. The summed E-state index contributed by atoms with van der Waals surface area (Å²) in [5.41, 5.74) is 3.15. The van der Waals surface area contributed by atoms with Crippen LogP contribution in [-0.2, 0) is 0 Å². The molecule has 0 bridgehead atoms. The van der Waals surface area contributed by atoms with Crippen molar-refractivity contribution in [3.8, 4) is 22.6 Å². The van der Waals surface area contributed by atoms with E-state index in [-0.39, 0.29) is 0 Å². The molecule has 2 heterocycles. The summed E-state index contributed by atoms with van der Waals surface area (Å²) in [4.78, 5) is 0. The van der Waals surface area contributed by atoms with Crippen molar-refractivity contribution in [1.29, 1.82) is 0 Å². The predicted molar refractivity (Wildman–Crippen MR) is 107 cm³/mol. The van der Waals surface area contributed by atoms with Crippen LogP contribution in [0.25, 0.3) is 44.6 Å². The summed E-state index contributed by atoms with van der Waals surface area (Å²) in [6, 6.07) is 23.3. The van der Waals surface area contributed by atoms with Crippen molar-refractivity contribution in [2.75, 3.05) is 0 Å². The highest BCUT2D eigenvalue weighted by Crippen LogP contribution is 2.40. The van der Waals surface area contributed by atoms with E-state index in [1.165, 1.54) is 0 Å². The molecule has 2 aromatic heterocycles. The van der Waals surface area contributed by atoms with E-state index in [1.807, 2.05) is 72.8 Å². The van der Waals surface area contributed by atoms with Crippen LogP contribution in [0.5, 0.6) is 0 Å². The summed E-state index contributed by atoms with van der Waals surface area (Å²) in [6.45, 7) is 0. The first-order valence-corrected chi connectivity index (χ1v) is 8.91. The maximum absolute atomic E-state index is 6.55. The minimum absolute atomic E-state index is 0.559. The molecule has 0 saturated heterocycles. The second kappa shape index (κ2) is 5.94. The Morgan fingerprint density at radius 1 is 0.538 bits per heavy atom. The van der Waals surface area contributed by atoms with Crippen LogP contribution in [0.4, 0.5) is 0 Å². The Morgan fingerprint density at radius 2 is 0.962 bits per heavy atom. The van der Waals surface area contributed by atoms with Crippen LogP contribution < -0.4 is 0 Å². The molecule has 0 spiro atoms. The highest BCUT2D eigenvalue weighted by Gasteiger charge is 2.16. The van der Waals surface area contributed by atoms with Crippen LogP contribution >= 0.6 is 23.2 Å². The van der Waals surface area contributed by atoms with E-state index < -0.39 is 0 Å². The third-order valence-electron chi connectivity index (χ3n) is 4.44. The first kappa shape index (κ1) is 15.6. The molecule has 0 amide bonds. The van der Waals surface area contributed by atoms with E-state index in [0.717, 1.165) is 33.1 Å². The van der Waals surface area contributed by atoms with Crippen molar-refractivity contribution in [2.45, 2.75) is 0 Å². The SMILES string of the molecule is Clc1cc(-c2cc3ccccc3o2)c(Cl)cc1-c1cc2ccccc2o1. The molecule has 0 N–H and O–H groups in total. The Labute approximate surface area is 159 Å². The first-order valence-electron chi connectivity index (χ1n) is 8.16. The number of para-hydroxylation sites is 2. The maximum atomic E-state index is 6.55. The van der Waals surface area contributed by atoms with E-state index in [0.29, 0.717) is 21.6 Å². The largest absolute Gasteiger partial charge is 0.456 e. The fourth-order valence-electron chi connectivity index (χ4n) is 3.15. The lowest BCUT2D eigenvalue weighted by Gasteiger charge is -2.06. The Morgan fingerprint density at radius 3 is 1.38 bits per heavy atom. The minimum Gasteiger partial charge on any atom is -0.456 e. The summed E-state index contributed by atoms with van der Waals surface area (Å²) >= 11 is 13.1. The van der Waals surface area contributed by atoms with Crippen LogP contribution in [0.15, 0.2) is 81.6 Å². The topological polar surface area (TPSA) is 26.3 Å². The molecular formula is C22H12Cl2O2. The number of hydrogen-bond acceptors (Lipinski definition) is 2. The average molecular weight is 379 g/mol. The number of benzene rings is 3. The molecule has 0 fully saturated rings. The van der Waals surface area contributed by atoms with E-state index in [4.69, 9.17) is 32.0 Å². The lowest BCUT2D eigenvalue weighted by Crippen LogP contribution is -1.82. The maximum Gasteiger partial charge on any atom is 0.136 e. The molecular weight excluding hydrogens is 367 g/mol. The molecule has 4 heteroatoms. The van der Waals surface area contributed by atoms with Gasteiger partial charge in [-0.1, -0.05) is 59.6 Å². The van der Waals surface area contributed by atoms with Gasteiger partial charge in [-0.25, -0.2) is 0 Å². The van der Waals surface area contributed by atoms with E-state index in [1.54, 1.807) is 0 Å². The molecule has 5 rings (SSSR count). The summed E-state index contributed by atoms with van der Waals surface area (Å²) in [5, 5.41) is 3.17. The van der Waals surface area contributed by atoms with Crippen LogP contribution in [0, 0.1) is 0 Å². The van der Waals surface area contributed by atoms with Crippen molar-refractivity contribution in [3.05, 3.63) is 82.8 Å². The van der Waals surface area contributed by atoms with Crippen LogP contribution in [-0.4, -0.2) is 0 Å². The smallest absolute Gasteiger partial charge is 0.136 e. The monoisotopic (exact) mass is 378 g/mol. The van der Waals surface area contributed by atoms with Gasteiger partial charge in [0, 0.05) is 21.9 Å². The van der Waals surface area contributed by atoms with Crippen molar-refractivity contribution in [1.82, 2.24) is 0 Å². The minimum atomic E-state index is 0.559. The molecule has 26 heavy (non-hydrogen) atoms. The molecule has 0 unspecified atom stereocenters. The summed E-state index contributed by atoms with van der Waals surface area (Å²) in [5.74, 6) is 1.38. The summed E-state index contributed by atoms with van der Waals surface area (Å²) in [7, 11) is 0. The molecule has 0 atom stereocenters. The third-order valence-corrected chi connectivity index (χ3v) is 5.06. The standard InChI is InChI=1S/C22H12Cl2O2/c23-17-12-16(22-10-14-6-2-4-8-20(14)26-22)18(24)11-15(17)21-9-13-5-1-3-7-19(13)25-21/h1-12H. The van der Waals surface area contributed by atoms with Crippen molar-refractivity contribution < 1.29 is 8.83 Å². The zero-order chi connectivity index (χ0) is 17.7. The fraction of sp³-hybridized carbons (Fsp3) is 0. The van der Waals surface area contributed by atoms with Gasteiger partial charge in [-0.05, 0) is 36.4 Å². The number of furan rings is 2. The summed E-state index contributed by atoms with van der Waals surface area (Å²) < 4.78 is 11.8. The zero-order valence-electron chi connectivity index (χ0n) is 13.5. The van der Waals surface area contributed by atoms with Crippen molar-refractivity contribution >= 4 is 45.1 Å². The zero-order valence-corrected chi connectivity index (χ0v) is 15.0. The van der Waals surface area contributed by atoms with E-state index in [9.17, 15) is 0 Å². The lowest BCUT2D eigenvalue weighted by atomic mass is 10.1. The van der Waals surface area contributed by atoms with Gasteiger partial charge in [0.25, 0.3) is 0 Å². The molecule has 3 aromatic carbocycles. The predicted octanol–water partition coefficient (Wildman–Crippen LogP) is 7.82. The van der Waals surface area contributed by atoms with Crippen molar-refractivity contribution in [3.63, 3.8) is 0 Å². The first-order chi connectivity index (χ1) is 12.7. The Hall–Kier alpha value is -2.68.